The Morgan fingerprint density at radius 2 is 2.00 bits per heavy atom. The van der Waals surface area contributed by atoms with Crippen LogP contribution in [0, 0.1) is 5.82 Å². The third-order valence-corrected chi connectivity index (χ3v) is 3.72. The fourth-order valence-corrected chi connectivity index (χ4v) is 2.52. The minimum absolute atomic E-state index is 0.0552. The van der Waals surface area contributed by atoms with Crippen molar-refractivity contribution in [2.45, 2.75) is 12.3 Å². The van der Waals surface area contributed by atoms with Crippen molar-refractivity contribution in [1.82, 2.24) is 14.5 Å². The molecule has 3 nitrogen and oxygen atoms in total. The van der Waals surface area contributed by atoms with Crippen LogP contribution in [0.2, 0.25) is 10.0 Å². The Hall–Kier alpha value is -1.36. The molecule has 0 saturated heterocycles. The van der Waals surface area contributed by atoms with Crippen molar-refractivity contribution in [1.29, 1.82) is 0 Å². The maximum Gasteiger partial charge on any atom is 0.164 e. The maximum atomic E-state index is 13.7. The lowest BCUT2D eigenvalue weighted by Crippen LogP contribution is -2.03. The molecule has 0 N–H and O–H groups in total. The van der Waals surface area contributed by atoms with Crippen LogP contribution in [-0.2, 0) is 0 Å². The second-order valence-electron chi connectivity index (χ2n) is 4.52. The normalized spacial score (nSPS) is 12.8. The summed E-state index contributed by atoms with van der Waals surface area (Å²) in [4.78, 5) is 8.70. The molecular formula is C14H9Cl3FN3. The second-order valence-corrected chi connectivity index (χ2v) is 6.01. The highest BCUT2D eigenvalue weighted by atomic mass is 35.5. The van der Waals surface area contributed by atoms with Gasteiger partial charge in [0.25, 0.3) is 0 Å². The van der Waals surface area contributed by atoms with Crippen molar-refractivity contribution >= 4 is 46.0 Å². The SMILES string of the molecule is CC(Cl)c1nc2cc(Cl)cnc2n1-c1ccc(Cl)c(F)c1. The van der Waals surface area contributed by atoms with Crippen LogP contribution in [0.3, 0.4) is 0 Å². The van der Waals surface area contributed by atoms with Gasteiger partial charge in [0, 0.05) is 6.20 Å². The van der Waals surface area contributed by atoms with Gasteiger partial charge in [-0.25, -0.2) is 14.4 Å². The summed E-state index contributed by atoms with van der Waals surface area (Å²) in [6, 6.07) is 6.18. The first-order valence-corrected chi connectivity index (χ1v) is 7.30. The molecule has 0 aliphatic carbocycles. The minimum Gasteiger partial charge on any atom is -0.279 e. The van der Waals surface area contributed by atoms with E-state index in [1.807, 2.05) is 0 Å². The Labute approximate surface area is 135 Å². The van der Waals surface area contributed by atoms with E-state index in [-0.39, 0.29) is 10.4 Å². The highest BCUT2D eigenvalue weighted by Gasteiger charge is 2.18. The lowest BCUT2D eigenvalue weighted by Gasteiger charge is -2.10. The topological polar surface area (TPSA) is 30.7 Å². The van der Waals surface area contributed by atoms with Crippen LogP contribution in [0.5, 0.6) is 0 Å². The number of benzene rings is 1. The van der Waals surface area contributed by atoms with E-state index >= 15 is 0 Å². The number of hydrogen-bond acceptors (Lipinski definition) is 2. The van der Waals surface area contributed by atoms with Gasteiger partial charge < -0.3 is 0 Å². The van der Waals surface area contributed by atoms with Gasteiger partial charge in [-0.2, -0.15) is 0 Å². The highest BCUT2D eigenvalue weighted by Crippen LogP contribution is 2.29. The summed E-state index contributed by atoms with van der Waals surface area (Å²) in [7, 11) is 0. The van der Waals surface area contributed by atoms with Crippen LogP contribution in [0.4, 0.5) is 4.39 Å². The number of nitrogens with zero attached hydrogens (tertiary/aromatic N) is 3. The molecule has 0 spiro atoms. The third kappa shape index (κ3) is 2.59. The van der Waals surface area contributed by atoms with Crippen LogP contribution < -0.4 is 0 Å². The summed E-state index contributed by atoms with van der Waals surface area (Å²) in [5.74, 6) is 0.0429. The fourth-order valence-electron chi connectivity index (χ4n) is 2.10. The molecule has 0 bridgehead atoms. The second kappa shape index (κ2) is 5.44. The van der Waals surface area contributed by atoms with E-state index in [0.29, 0.717) is 27.7 Å². The number of fused-ring (bicyclic) bond motifs is 1. The Morgan fingerprint density at radius 3 is 2.67 bits per heavy atom. The molecule has 0 radical (unpaired) electrons. The summed E-state index contributed by atoms with van der Waals surface area (Å²) in [5.41, 5.74) is 1.71. The molecule has 0 aliphatic heterocycles. The molecule has 3 aromatic rings. The fraction of sp³-hybridized carbons (Fsp3) is 0.143. The van der Waals surface area contributed by atoms with Crippen molar-refractivity contribution in [2.24, 2.45) is 0 Å². The number of aromatic nitrogens is 3. The van der Waals surface area contributed by atoms with Gasteiger partial charge in [0.1, 0.15) is 17.2 Å². The first-order valence-electron chi connectivity index (χ1n) is 6.11. The zero-order valence-corrected chi connectivity index (χ0v) is 13.1. The zero-order chi connectivity index (χ0) is 15.1. The minimum atomic E-state index is -0.516. The molecule has 1 atom stereocenters. The predicted molar refractivity (Wildman–Crippen MR) is 83.1 cm³/mol. The Kier molecular flexibility index (Phi) is 3.78. The summed E-state index contributed by atoms with van der Waals surface area (Å²) in [5, 5.41) is 0.152. The van der Waals surface area contributed by atoms with Gasteiger partial charge in [-0.05, 0) is 31.2 Å². The van der Waals surface area contributed by atoms with Crippen LogP contribution >= 0.6 is 34.8 Å². The van der Waals surface area contributed by atoms with Crippen molar-refractivity contribution in [3.63, 3.8) is 0 Å². The van der Waals surface area contributed by atoms with Crippen LogP contribution in [0.25, 0.3) is 16.9 Å². The first kappa shape index (κ1) is 14.6. The number of imidazole rings is 1. The summed E-state index contributed by atoms with van der Waals surface area (Å²) in [6.45, 7) is 1.78. The van der Waals surface area contributed by atoms with E-state index in [4.69, 9.17) is 34.8 Å². The van der Waals surface area contributed by atoms with E-state index in [2.05, 4.69) is 9.97 Å². The van der Waals surface area contributed by atoms with Crippen LogP contribution in [0.1, 0.15) is 18.1 Å². The molecule has 3 rings (SSSR count). The molecule has 108 valence electrons. The summed E-state index contributed by atoms with van der Waals surface area (Å²) in [6.07, 6.45) is 1.51. The number of pyridine rings is 1. The molecule has 0 amide bonds. The van der Waals surface area contributed by atoms with E-state index in [9.17, 15) is 4.39 Å². The smallest absolute Gasteiger partial charge is 0.164 e. The maximum absolute atomic E-state index is 13.7. The predicted octanol–water partition coefficient (Wildman–Crippen LogP) is 5.17. The molecule has 0 aliphatic rings. The number of rotatable bonds is 2. The van der Waals surface area contributed by atoms with Crippen molar-refractivity contribution in [3.05, 3.63) is 52.1 Å². The van der Waals surface area contributed by atoms with E-state index < -0.39 is 5.82 Å². The standard InChI is InChI=1S/C14H9Cl3FN3/c1-7(15)13-20-12-4-8(16)6-19-14(12)21(13)9-2-3-10(17)11(18)5-9/h2-7H,1H3. The molecule has 7 heteroatoms. The number of hydrogen-bond donors (Lipinski definition) is 0. The molecule has 1 aromatic carbocycles. The van der Waals surface area contributed by atoms with Gasteiger partial charge in [-0.3, -0.25) is 4.57 Å². The van der Waals surface area contributed by atoms with Gasteiger partial charge in [0.15, 0.2) is 5.65 Å². The third-order valence-electron chi connectivity index (χ3n) is 3.01. The summed E-state index contributed by atoms with van der Waals surface area (Å²) >= 11 is 17.8. The van der Waals surface area contributed by atoms with Crippen molar-refractivity contribution in [2.75, 3.05) is 0 Å². The average molecular weight is 345 g/mol. The van der Waals surface area contributed by atoms with Crippen molar-refractivity contribution in [3.8, 4) is 5.69 Å². The van der Waals surface area contributed by atoms with E-state index in [1.54, 1.807) is 23.6 Å². The van der Waals surface area contributed by atoms with Crippen molar-refractivity contribution < 1.29 is 4.39 Å². The molecule has 1 unspecified atom stereocenters. The molecule has 21 heavy (non-hydrogen) atoms. The largest absolute Gasteiger partial charge is 0.279 e. The zero-order valence-electron chi connectivity index (χ0n) is 10.8. The Bertz CT molecular complexity index is 830. The molecule has 0 fully saturated rings. The van der Waals surface area contributed by atoms with Gasteiger partial charge in [-0.1, -0.05) is 23.2 Å². The van der Waals surface area contributed by atoms with E-state index in [0.717, 1.165) is 0 Å². The van der Waals surface area contributed by atoms with Gasteiger partial charge in [0.2, 0.25) is 0 Å². The van der Waals surface area contributed by atoms with Gasteiger partial charge in [-0.15, -0.1) is 11.6 Å². The number of alkyl halides is 1. The highest BCUT2D eigenvalue weighted by molar-refractivity contribution is 6.31. The van der Waals surface area contributed by atoms with Gasteiger partial charge >= 0.3 is 0 Å². The number of halogens is 4. The lowest BCUT2D eigenvalue weighted by molar-refractivity contribution is 0.626. The molecule has 2 aromatic heterocycles. The average Bonchev–Trinajstić information content (AvgIpc) is 2.80. The molecule has 2 heterocycles. The summed E-state index contributed by atoms with van der Waals surface area (Å²) < 4.78 is 15.4. The quantitative estimate of drug-likeness (QED) is 0.601. The van der Waals surface area contributed by atoms with Crippen LogP contribution in [-0.4, -0.2) is 14.5 Å². The first-order chi connectivity index (χ1) is 9.97. The van der Waals surface area contributed by atoms with E-state index in [1.165, 1.54) is 18.3 Å². The van der Waals surface area contributed by atoms with Crippen LogP contribution in [0.15, 0.2) is 30.5 Å². The molecular weight excluding hydrogens is 336 g/mol. The lowest BCUT2D eigenvalue weighted by atomic mass is 10.3. The molecule has 0 saturated carbocycles. The van der Waals surface area contributed by atoms with Gasteiger partial charge in [0.05, 0.1) is 21.1 Å². The Balaban J connectivity index is 2.33. The Morgan fingerprint density at radius 1 is 1.24 bits per heavy atom. The monoisotopic (exact) mass is 343 g/mol.